The fourth-order valence-electron chi connectivity index (χ4n) is 0.699. The zero-order valence-electron chi connectivity index (χ0n) is 6.81. The molecular formula is C7H10ClNO2S2. The van der Waals surface area contributed by atoms with Gasteiger partial charge in [0.1, 0.15) is 0 Å². The molecule has 0 radical (unpaired) electrons. The minimum Gasteiger partial charge on any atom is -0.394 e. The smallest absolute Gasteiger partial charge is 0.183 e. The molecule has 0 aliphatic carbocycles. The van der Waals surface area contributed by atoms with E-state index in [9.17, 15) is 0 Å². The summed E-state index contributed by atoms with van der Waals surface area (Å²) in [6, 6.07) is 0. The fraction of sp³-hybridized carbons (Fsp3) is 0.571. The monoisotopic (exact) mass is 239 g/mol. The van der Waals surface area contributed by atoms with Gasteiger partial charge in [0.05, 0.1) is 12.7 Å². The lowest BCUT2D eigenvalue weighted by molar-refractivity contribution is 0.113. The van der Waals surface area contributed by atoms with Crippen molar-refractivity contribution in [1.82, 2.24) is 4.98 Å². The first-order valence-corrected chi connectivity index (χ1v) is 6.04. The van der Waals surface area contributed by atoms with Crippen LogP contribution < -0.4 is 0 Å². The van der Waals surface area contributed by atoms with Gasteiger partial charge in [0.2, 0.25) is 0 Å². The van der Waals surface area contributed by atoms with Crippen LogP contribution in [0.15, 0.2) is 6.20 Å². The van der Waals surface area contributed by atoms with Gasteiger partial charge in [0.15, 0.2) is 4.47 Å². The van der Waals surface area contributed by atoms with Crippen LogP contribution in [0, 0.1) is 0 Å². The largest absolute Gasteiger partial charge is 0.394 e. The Balaban J connectivity index is 2.20. The molecule has 0 fully saturated rings. The maximum atomic E-state index is 9.03. The summed E-state index contributed by atoms with van der Waals surface area (Å²) in [5, 5.41) is 17.6. The molecule has 0 amide bonds. The third-order valence-electron chi connectivity index (χ3n) is 1.29. The van der Waals surface area contributed by atoms with Crippen LogP contribution >= 0.6 is 34.7 Å². The summed E-state index contributed by atoms with van der Waals surface area (Å²) in [4.78, 5) is 4.98. The number of thioether (sulfide) groups is 1. The average Bonchev–Trinajstić information content (AvgIpc) is 2.51. The summed E-state index contributed by atoms with van der Waals surface area (Å²) < 4.78 is 0.540. The second-order valence-corrected chi connectivity index (χ2v) is 5.16. The first-order chi connectivity index (χ1) is 6.22. The zero-order valence-corrected chi connectivity index (χ0v) is 9.20. The molecule has 0 saturated carbocycles. The highest BCUT2D eigenvalue weighted by Crippen LogP contribution is 2.22. The summed E-state index contributed by atoms with van der Waals surface area (Å²) in [7, 11) is 0. The van der Waals surface area contributed by atoms with Gasteiger partial charge in [-0.25, -0.2) is 4.98 Å². The molecule has 6 heteroatoms. The van der Waals surface area contributed by atoms with E-state index in [1.807, 2.05) is 0 Å². The number of aliphatic hydroxyl groups excluding tert-OH is 2. The third-order valence-corrected chi connectivity index (χ3v) is 3.72. The minimum atomic E-state index is -0.631. The summed E-state index contributed by atoms with van der Waals surface area (Å²) in [6.07, 6.45) is 1.10. The average molecular weight is 240 g/mol. The van der Waals surface area contributed by atoms with Crippen molar-refractivity contribution in [3.05, 3.63) is 15.5 Å². The Labute approximate surface area is 89.8 Å². The Kier molecular flexibility index (Phi) is 5.05. The molecule has 1 heterocycles. The van der Waals surface area contributed by atoms with E-state index in [0.29, 0.717) is 10.2 Å². The van der Waals surface area contributed by atoms with Crippen LogP contribution in [-0.4, -0.2) is 33.7 Å². The maximum Gasteiger partial charge on any atom is 0.183 e. The summed E-state index contributed by atoms with van der Waals surface area (Å²) >= 11 is 8.63. The molecule has 2 N–H and O–H groups in total. The van der Waals surface area contributed by atoms with Gasteiger partial charge in [0.25, 0.3) is 0 Å². The maximum absolute atomic E-state index is 9.03. The predicted octanol–water partition coefficient (Wildman–Crippen LogP) is 1.38. The SMILES string of the molecule is OCC(O)CSCc1cnc(Cl)s1. The number of halogens is 1. The van der Waals surface area contributed by atoms with E-state index < -0.39 is 6.10 Å². The number of aromatic nitrogens is 1. The van der Waals surface area contributed by atoms with Crippen molar-refractivity contribution in [2.45, 2.75) is 11.9 Å². The molecule has 0 aliphatic heterocycles. The number of hydrogen-bond donors (Lipinski definition) is 2. The normalized spacial score (nSPS) is 13.2. The summed E-state index contributed by atoms with van der Waals surface area (Å²) in [5.74, 6) is 1.31. The third kappa shape index (κ3) is 4.28. The lowest BCUT2D eigenvalue weighted by atomic mass is 10.4. The molecule has 0 aromatic carbocycles. The molecule has 1 unspecified atom stereocenters. The van der Waals surface area contributed by atoms with Crippen LogP contribution in [0.4, 0.5) is 0 Å². The van der Waals surface area contributed by atoms with Crippen LogP contribution in [-0.2, 0) is 5.75 Å². The van der Waals surface area contributed by atoms with E-state index in [2.05, 4.69) is 4.98 Å². The minimum absolute atomic E-state index is 0.184. The molecular weight excluding hydrogens is 230 g/mol. The molecule has 1 rings (SSSR count). The molecule has 1 aromatic rings. The topological polar surface area (TPSA) is 53.4 Å². The first-order valence-electron chi connectivity index (χ1n) is 3.69. The molecule has 3 nitrogen and oxygen atoms in total. The van der Waals surface area contributed by atoms with Gasteiger partial charge >= 0.3 is 0 Å². The van der Waals surface area contributed by atoms with Crippen molar-refractivity contribution in [3.8, 4) is 0 Å². The van der Waals surface area contributed by atoms with Gasteiger partial charge in [-0.3, -0.25) is 0 Å². The van der Waals surface area contributed by atoms with Crippen molar-refractivity contribution in [1.29, 1.82) is 0 Å². The molecule has 74 valence electrons. The number of rotatable bonds is 5. The van der Waals surface area contributed by atoms with Crippen molar-refractivity contribution in [2.24, 2.45) is 0 Å². The van der Waals surface area contributed by atoms with E-state index in [4.69, 9.17) is 21.8 Å². The van der Waals surface area contributed by atoms with Crippen molar-refractivity contribution in [2.75, 3.05) is 12.4 Å². The number of nitrogens with zero attached hydrogens (tertiary/aromatic N) is 1. The molecule has 1 aromatic heterocycles. The molecule has 0 bridgehead atoms. The highest BCUT2D eigenvalue weighted by Gasteiger charge is 2.03. The second-order valence-electron chi connectivity index (χ2n) is 2.43. The van der Waals surface area contributed by atoms with Gasteiger partial charge in [-0.05, 0) is 0 Å². The van der Waals surface area contributed by atoms with Crippen LogP contribution in [0.2, 0.25) is 4.47 Å². The Morgan fingerprint density at radius 2 is 2.46 bits per heavy atom. The summed E-state index contributed by atoms with van der Waals surface area (Å²) in [5.41, 5.74) is 0. The second kappa shape index (κ2) is 5.82. The quantitative estimate of drug-likeness (QED) is 0.815. The number of thiazole rings is 1. The lowest BCUT2D eigenvalue weighted by Crippen LogP contribution is -2.14. The Bertz CT molecular complexity index is 256. The lowest BCUT2D eigenvalue weighted by Gasteiger charge is -2.04. The Hall–Kier alpha value is 0.190. The highest BCUT2D eigenvalue weighted by atomic mass is 35.5. The number of aliphatic hydroxyl groups is 2. The van der Waals surface area contributed by atoms with Gasteiger partial charge in [-0.2, -0.15) is 11.8 Å². The van der Waals surface area contributed by atoms with Crippen molar-refractivity contribution < 1.29 is 10.2 Å². The number of hydrogen-bond acceptors (Lipinski definition) is 5. The van der Waals surface area contributed by atoms with Gasteiger partial charge in [0, 0.05) is 22.6 Å². The van der Waals surface area contributed by atoms with Crippen molar-refractivity contribution in [3.63, 3.8) is 0 Å². The standard InChI is InChI=1S/C7H10ClNO2S2/c8-7-9-1-6(13-7)4-12-3-5(11)2-10/h1,5,10-11H,2-4H2. The molecule has 0 aliphatic rings. The molecule has 0 saturated heterocycles. The van der Waals surface area contributed by atoms with Crippen LogP contribution in [0.5, 0.6) is 0 Å². The Morgan fingerprint density at radius 1 is 1.69 bits per heavy atom. The molecule has 0 spiro atoms. The predicted molar refractivity (Wildman–Crippen MR) is 56.4 cm³/mol. The van der Waals surface area contributed by atoms with Gasteiger partial charge < -0.3 is 10.2 Å². The Morgan fingerprint density at radius 3 is 3.00 bits per heavy atom. The van der Waals surface area contributed by atoms with E-state index in [1.54, 1.807) is 18.0 Å². The van der Waals surface area contributed by atoms with Crippen molar-refractivity contribution >= 4 is 34.7 Å². The van der Waals surface area contributed by atoms with Crippen LogP contribution in [0.3, 0.4) is 0 Å². The molecule has 13 heavy (non-hydrogen) atoms. The fourth-order valence-corrected chi connectivity index (χ4v) is 2.73. The van der Waals surface area contributed by atoms with E-state index in [0.717, 1.165) is 10.6 Å². The first kappa shape index (κ1) is 11.3. The van der Waals surface area contributed by atoms with E-state index in [1.165, 1.54) is 11.3 Å². The van der Waals surface area contributed by atoms with E-state index in [-0.39, 0.29) is 6.61 Å². The van der Waals surface area contributed by atoms with Gasteiger partial charge in [-0.1, -0.05) is 11.6 Å². The van der Waals surface area contributed by atoms with Crippen LogP contribution in [0.25, 0.3) is 0 Å². The van der Waals surface area contributed by atoms with Gasteiger partial charge in [-0.15, -0.1) is 11.3 Å². The molecule has 1 atom stereocenters. The van der Waals surface area contributed by atoms with E-state index >= 15 is 0 Å². The zero-order chi connectivity index (χ0) is 9.68. The highest BCUT2D eigenvalue weighted by molar-refractivity contribution is 7.98. The van der Waals surface area contributed by atoms with Crippen LogP contribution in [0.1, 0.15) is 4.88 Å². The summed E-state index contributed by atoms with van der Waals surface area (Å²) in [6.45, 7) is -0.184.